The largest absolute Gasteiger partial charge is 0.444 e. The number of ether oxygens (including phenoxy) is 2. The zero-order chi connectivity index (χ0) is 18.6. The third kappa shape index (κ3) is 5.84. The molecule has 1 aromatic carbocycles. The van der Waals surface area contributed by atoms with Crippen molar-refractivity contribution in [3.05, 3.63) is 39.2 Å². The van der Waals surface area contributed by atoms with Gasteiger partial charge in [0.25, 0.3) is 5.19 Å². The minimum absolute atomic E-state index is 0.268. The summed E-state index contributed by atoms with van der Waals surface area (Å²) in [5.41, 5.74) is -1.23. The molecule has 1 amide bonds. The van der Waals surface area contributed by atoms with E-state index in [0.717, 1.165) is 11.3 Å². The second-order valence-corrected chi connectivity index (χ2v) is 7.69. The first-order valence-corrected chi connectivity index (χ1v) is 8.70. The molecule has 134 valence electrons. The van der Waals surface area contributed by atoms with E-state index in [1.54, 1.807) is 32.9 Å². The molecule has 1 heterocycles. The molecule has 0 saturated heterocycles. The van der Waals surface area contributed by atoms with Gasteiger partial charge in [0.15, 0.2) is 0 Å². The van der Waals surface area contributed by atoms with Gasteiger partial charge in [0, 0.05) is 12.3 Å². The molecule has 0 aliphatic heterocycles. The number of nitrogens with one attached hydrogen (secondary N) is 1. The number of alkyl halides is 1. The molecule has 0 aliphatic rings. The van der Waals surface area contributed by atoms with E-state index in [4.69, 9.17) is 32.7 Å². The Kier molecular flexibility index (Phi) is 6.21. The van der Waals surface area contributed by atoms with Crippen molar-refractivity contribution in [2.75, 3.05) is 5.32 Å². The highest BCUT2D eigenvalue weighted by Gasteiger charge is 2.17. The monoisotopic (exact) mass is 403 g/mol. The van der Waals surface area contributed by atoms with E-state index in [1.807, 2.05) is 0 Å². The molecule has 1 N–H and O–H groups in total. The van der Waals surface area contributed by atoms with Gasteiger partial charge < -0.3 is 9.47 Å². The fourth-order valence-electron chi connectivity index (χ4n) is 1.65. The third-order valence-electron chi connectivity index (χ3n) is 2.61. The molecule has 7 nitrogen and oxygen atoms in total. The highest BCUT2D eigenvalue weighted by molar-refractivity contribution is 7.13. The first-order valence-electron chi connectivity index (χ1n) is 7.07. The third-order valence-corrected chi connectivity index (χ3v) is 4.30. The van der Waals surface area contributed by atoms with Crippen molar-refractivity contribution in [1.82, 2.24) is 4.98 Å². The SMILES string of the molecule is CC(C)(C)OC(=O)Nc1ccc(Oc2ncc(C(Cl)N=O)s2)cc1Cl. The summed E-state index contributed by atoms with van der Waals surface area (Å²) in [5, 5.41) is 5.83. The number of nitrogens with zero attached hydrogens (tertiary/aromatic N) is 2. The van der Waals surface area contributed by atoms with Crippen molar-refractivity contribution in [2.45, 2.75) is 31.9 Å². The normalized spacial score (nSPS) is 12.4. The summed E-state index contributed by atoms with van der Waals surface area (Å²) in [6.45, 7) is 5.29. The van der Waals surface area contributed by atoms with Gasteiger partial charge in [0.2, 0.25) is 5.50 Å². The first-order chi connectivity index (χ1) is 11.7. The summed E-state index contributed by atoms with van der Waals surface area (Å²) in [5.74, 6) is 0.408. The van der Waals surface area contributed by atoms with E-state index in [1.165, 1.54) is 12.3 Å². The molecule has 2 rings (SSSR count). The predicted molar refractivity (Wildman–Crippen MR) is 97.9 cm³/mol. The van der Waals surface area contributed by atoms with Crippen molar-refractivity contribution in [3.8, 4) is 10.9 Å². The average molecular weight is 404 g/mol. The summed E-state index contributed by atoms with van der Waals surface area (Å²) in [6.07, 6.45) is 0.807. The Morgan fingerprint density at radius 2 is 2.12 bits per heavy atom. The van der Waals surface area contributed by atoms with Gasteiger partial charge in [-0.25, -0.2) is 9.78 Å². The van der Waals surface area contributed by atoms with Crippen LogP contribution in [-0.4, -0.2) is 16.7 Å². The van der Waals surface area contributed by atoms with Gasteiger partial charge in [-0.1, -0.05) is 34.5 Å². The maximum absolute atomic E-state index is 11.8. The number of aromatic nitrogens is 1. The maximum Gasteiger partial charge on any atom is 0.412 e. The van der Waals surface area contributed by atoms with Gasteiger partial charge in [-0.3, -0.25) is 5.32 Å². The van der Waals surface area contributed by atoms with Crippen molar-refractivity contribution >= 4 is 46.3 Å². The second kappa shape index (κ2) is 7.99. The minimum Gasteiger partial charge on any atom is -0.444 e. The smallest absolute Gasteiger partial charge is 0.412 e. The Labute approximate surface area is 158 Å². The lowest BCUT2D eigenvalue weighted by Crippen LogP contribution is -2.27. The molecule has 25 heavy (non-hydrogen) atoms. The van der Waals surface area contributed by atoms with Crippen LogP contribution in [0.3, 0.4) is 0 Å². The van der Waals surface area contributed by atoms with E-state index in [-0.39, 0.29) is 10.2 Å². The number of hydrogen-bond acceptors (Lipinski definition) is 7. The molecule has 0 saturated carbocycles. The van der Waals surface area contributed by atoms with E-state index in [9.17, 15) is 9.70 Å². The summed E-state index contributed by atoms with van der Waals surface area (Å²) in [6, 6.07) is 4.70. The van der Waals surface area contributed by atoms with Crippen molar-refractivity contribution in [2.24, 2.45) is 5.18 Å². The number of benzene rings is 1. The number of carbonyl (C=O) groups excluding carboxylic acids is 1. The van der Waals surface area contributed by atoms with Gasteiger partial charge in [-0.05, 0) is 38.1 Å². The van der Waals surface area contributed by atoms with Crippen LogP contribution in [0, 0.1) is 4.91 Å². The van der Waals surface area contributed by atoms with Crippen LogP contribution in [0.5, 0.6) is 10.9 Å². The number of thiazole rings is 1. The Balaban J connectivity index is 2.05. The highest BCUT2D eigenvalue weighted by Crippen LogP contribution is 2.35. The number of rotatable bonds is 5. The van der Waals surface area contributed by atoms with Crippen LogP contribution >= 0.6 is 34.5 Å². The van der Waals surface area contributed by atoms with E-state index < -0.39 is 17.2 Å². The molecular formula is C15H15Cl2N3O4S. The fraction of sp³-hybridized carbons (Fsp3) is 0.333. The molecule has 0 bridgehead atoms. The van der Waals surface area contributed by atoms with E-state index in [0.29, 0.717) is 16.3 Å². The predicted octanol–water partition coefficient (Wildman–Crippen LogP) is 5.94. The zero-order valence-electron chi connectivity index (χ0n) is 13.6. The molecule has 0 spiro atoms. The summed E-state index contributed by atoms with van der Waals surface area (Å²) < 4.78 is 10.7. The van der Waals surface area contributed by atoms with E-state index >= 15 is 0 Å². The summed E-state index contributed by atoms with van der Waals surface area (Å²) >= 11 is 12.9. The molecule has 0 radical (unpaired) electrons. The molecule has 10 heteroatoms. The van der Waals surface area contributed by atoms with Crippen LogP contribution < -0.4 is 10.1 Å². The standard InChI is InChI=1S/C15H15Cl2N3O4S/c1-15(2,3)24-13(21)19-10-5-4-8(6-9(10)16)23-14-18-7-11(25-14)12(17)20-22/h4-7,12H,1-3H3,(H,19,21). The Bertz CT molecular complexity index is 776. The lowest BCUT2D eigenvalue weighted by molar-refractivity contribution is 0.0636. The Morgan fingerprint density at radius 3 is 2.72 bits per heavy atom. The number of hydrogen-bond donors (Lipinski definition) is 1. The first kappa shape index (κ1) is 19.4. The van der Waals surface area contributed by atoms with Crippen molar-refractivity contribution < 1.29 is 14.3 Å². The van der Waals surface area contributed by atoms with Crippen LogP contribution in [-0.2, 0) is 4.74 Å². The molecule has 1 atom stereocenters. The van der Waals surface area contributed by atoms with Gasteiger partial charge in [0.05, 0.1) is 15.6 Å². The number of halogens is 2. The minimum atomic E-state index is -1.00. The second-order valence-electron chi connectivity index (χ2n) is 5.84. The number of nitroso groups, excluding NO2 is 1. The molecular weight excluding hydrogens is 389 g/mol. The Hall–Kier alpha value is -1.90. The van der Waals surface area contributed by atoms with Gasteiger partial charge >= 0.3 is 6.09 Å². The van der Waals surface area contributed by atoms with Gasteiger partial charge in [-0.15, -0.1) is 4.91 Å². The van der Waals surface area contributed by atoms with Crippen molar-refractivity contribution in [1.29, 1.82) is 0 Å². The van der Waals surface area contributed by atoms with Crippen LogP contribution in [0.1, 0.15) is 31.1 Å². The lowest BCUT2D eigenvalue weighted by Gasteiger charge is -2.20. The lowest BCUT2D eigenvalue weighted by atomic mass is 10.2. The fourth-order valence-corrected chi connectivity index (χ4v) is 2.75. The average Bonchev–Trinajstić information content (AvgIpc) is 2.96. The maximum atomic E-state index is 11.8. The van der Waals surface area contributed by atoms with Crippen LogP contribution in [0.15, 0.2) is 29.6 Å². The molecule has 0 aliphatic carbocycles. The number of anilines is 1. The van der Waals surface area contributed by atoms with Crippen LogP contribution in [0.2, 0.25) is 5.02 Å². The number of carbonyl (C=O) groups is 1. The molecule has 2 aromatic rings. The summed E-state index contributed by atoms with van der Waals surface area (Å²) in [7, 11) is 0. The highest BCUT2D eigenvalue weighted by atomic mass is 35.5. The molecule has 1 aromatic heterocycles. The zero-order valence-corrected chi connectivity index (χ0v) is 15.9. The van der Waals surface area contributed by atoms with Crippen molar-refractivity contribution in [3.63, 3.8) is 0 Å². The quantitative estimate of drug-likeness (QED) is 0.378. The molecule has 1 unspecified atom stereocenters. The van der Waals surface area contributed by atoms with E-state index in [2.05, 4.69) is 15.5 Å². The van der Waals surface area contributed by atoms with Gasteiger partial charge in [0.1, 0.15) is 11.4 Å². The number of amides is 1. The van der Waals surface area contributed by atoms with Gasteiger partial charge in [-0.2, -0.15) is 0 Å². The Morgan fingerprint density at radius 1 is 1.40 bits per heavy atom. The van der Waals surface area contributed by atoms with Crippen LogP contribution in [0.4, 0.5) is 10.5 Å². The molecule has 0 fully saturated rings. The summed E-state index contributed by atoms with van der Waals surface area (Å²) in [4.78, 5) is 26.7. The van der Waals surface area contributed by atoms with Crippen LogP contribution in [0.25, 0.3) is 0 Å². The topological polar surface area (TPSA) is 89.9 Å².